The molecule has 2 heterocycles. The van der Waals surface area contributed by atoms with Crippen molar-refractivity contribution in [1.29, 1.82) is 0 Å². The number of benzene rings is 1. The Hall–Kier alpha value is -2.10. The molecule has 0 fully saturated rings. The van der Waals surface area contributed by atoms with E-state index in [0.29, 0.717) is 17.1 Å². The molecule has 0 aromatic heterocycles. The van der Waals surface area contributed by atoms with Gasteiger partial charge in [0.15, 0.2) is 5.84 Å². The maximum absolute atomic E-state index is 11.5. The van der Waals surface area contributed by atoms with Crippen LogP contribution in [0, 0.1) is 0 Å². The zero-order valence-corrected chi connectivity index (χ0v) is 7.14. The summed E-state index contributed by atoms with van der Waals surface area (Å²) in [4.78, 5) is 23.3. The first-order chi connectivity index (χ1) is 6.86. The lowest BCUT2D eigenvalue weighted by atomic mass is 9.99. The minimum atomic E-state index is -0.242. The number of hydrogen-bond donors (Lipinski definition) is 0. The van der Waals surface area contributed by atoms with E-state index in [-0.39, 0.29) is 5.91 Å². The molecule has 4 nitrogen and oxygen atoms in total. The maximum atomic E-state index is 11.5. The van der Waals surface area contributed by atoms with Gasteiger partial charge >= 0.3 is 0 Å². The van der Waals surface area contributed by atoms with Crippen LogP contribution < -0.4 is 0 Å². The summed E-state index contributed by atoms with van der Waals surface area (Å²) in [6, 6.07) is 7.29. The highest BCUT2D eigenvalue weighted by Crippen LogP contribution is 2.19. The third kappa shape index (κ3) is 0.821. The number of carbonyl (C=O) groups is 1. The summed E-state index contributed by atoms with van der Waals surface area (Å²) in [7, 11) is 0. The van der Waals surface area contributed by atoms with E-state index >= 15 is 0 Å². The molecule has 0 bridgehead atoms. The van der Waals surface area contributed by atoms with Gasteiger partial charge in [-0.25, -0.2) is 9.98 Å². The van der Waals surface area contributed by atoms with E-state index in [1.165, 1.54) is 6.34 Å². The summed E-state index contributed by atoms with van der Waals surface area (Å²) in [5.41, 5.74) is 2.11. The smallest absolute Gasteiger partial charge is 0.267 e. The van der Waals surface area contributed by atoms with Gasteiger partial charge in [-0.1, -0.05) is 18.2 Å². The minimum Gasteiger partial charge on any atom is -0.267 e. The molecular weight excluding hydrogens is 178 g/mol. The summed E-state index contributed by atoms with van der Waals surface area (Å²) in [5, 5.41) is 0. The van der Waals surface area contributed by atoms with Crippen molar-refractivity contribution in [3.63, 3.8) is 0 Å². The largest absolute Gasteiger partial charge is 0.279 e. The van der Waals surface area contributed by atoms with Crippen molar-refractivity contribution >= 4 is 23.8 Å². The highest BCUT2D eigenvalue weighted by Gasteiger charge is 2.26. The maximum Gasteiger partial charge on any atom is 0.279 e. The molecule has 3 rings (SSSR count). The number of carbonyl (C=O) groups excluding carboxylic acids is 1. The molecule has 2 aliphatic rings. The van der Waals surface area contributed by atoms with E-state index in [9.17, 15) is 4.79 Å². The second kappa shape index (κ2) is 2.45. The van der Waals surface area contributed by atoms with Crippen molar-refractivity contribution in [3.8, 4) is 0 Å². The lowest BCUT2D eigenvalue weighted by molar-refractivity contribution is 0.100. The zero-order valence-electron chi connectivity index (χ0n) is 7.14. The molecule has 0 unspecified atom stereocenters. The van der Waals surface area contributed by atoms with Crippen molar-refractivity contribution < 1.29 is 4.79 Å². The molecule has 2 aliphatic heterocycles. The Balaban J connectivity index is 2.33. The van der Waals surface area contributed by atoms with Crippen LogP contribution in [0.3, 0.4) is 0 Å². The van der Waals surface area contributed by atoms with E-state index in [0.717, 1.165) is 5.56 Å². The van der Waals surface area contributed by atoms with Gasteiger partial charge in [-0.2, -0.15) is 4.99 Å². The topological polar surface area (TPSA) is 54.1 Å². The first kappa shape index (κ1) is 7.32. The van der Waals surface area contributed by atoms with Crippen molar-refractivity contribution in [2.24, 2.45) is 15.0 Å². The molecule has 0 radical (unpaired) electrons. The molecule has 0 atom stereocenters. The molecule has 4 heteroatoms. The molecule has 14 heavy (non-hydrogen) atoms. The van der Waals surface area contributed by atoms with Crippen LogP contribution in [-0.2, 0) is 0 Å². The van der Waals surface area contributed by atoms with E-state index in [1.54, 1.807) is 6.07 Å². The Bertz CT molecular complexity index is 526. The molecule has 0 N–H and O–H groups in total. The molecule has 0 aliphatic carbocycles. The number of hydrogen-bond acceptors (Lipinski definition) is 3. The van der Waals surface area contributed by atoms with Crippen LogP contribution in [0.4, 0.5) is 0 Å². The van der Waals surface area contributed by atoms with E-state index in [2.05, 4.69) is 15.0 Å². The Morgan fingerprint density at radius 1 is 1.07 bits per heavy atom. The fourth-order valence-corrected chi connectivity index (χ4v) is 1.56. The third-order valence-corrected chi connectivity index (χ3v) is 2.20. The molecule has 1 aromatic carbocycles. The normalized spacial score (nSPS) is 17.3. The van der Waals surface area contributed by atoms with Crippen LogP contribution in [0.15, 0.2) is 39.2 Å². The number of nitrogens with zero attached hydrogens (tertiary/aromatic N) is 3. The summed E-state index contributed by atoms with van der Waals surface area (Å²) < 4.78 is 0. The Labute approximate surface area is 79.7 Å². The van der Waals surface area contributed by atoms with Gasteiger partial charge in [0.05, 0.1) is 5.56 Å². The van der Waals surface area contributed by atoms with Gasteiger partial charge in [0, 0.05) is 5.56 Å². The molecule has 1 amide bonds. The van der Waals surface area contributed by atoms with E-state index in [1.807, 2.05) is 18.2 Å². The Morgan fingerprint density at radius 3 is 2.71 bits per heavy atom. The Kier molecular flexibility index (Phi) is 1.28. The molecule has 66 valence electrons. The monoisotopic (exact) mass is 183 g/mol. The predicted octanol–water partition coefficient (Wildman–Crippen LogP) is 1.07. The number of aliphatic imine (C=N–C) groups is 3. The second-order valence-electron chi connectivity index (χ2n) is 3.01. The molecule has 0 saturated heterocycles. The van der Waals surface area contributed by atoms with Crippen molar-refractivity contribution in [1.82, 2.24) is 0 Å². The fraction of sp³-hybridized carbons (Fsp3) is 0. The first-order valence-electron chi connectivity index (χ1n) is 4.19. The van der Waals surface area contributed by atoms with E-state index in [4.69, 9.17) is 0 Å². The van der Waals surface area contributed by atoms with Crippen LogP contribution in [-0.4, -0.2) is 23.8 Å². The molecule has 1 aromatic rings. The number of amides is 1. The van der Waals surface area contributed by atoms with Crippen LogP contribution >= 0.6 is 0 Å². The lowest BCUT2D eigenvalue weighted by Crippen LogP contribution is -2.21. The standard InChI is InChI=1S/C10H5N3O/c14-10-7-4-2-1-3-6(7)8-9(13-10)12-5-11-8/h1-5H. The van der Waals surface area contributed by atoms with Crippen LogP contribution in [0.2, 0.25) is 0 Å². The van der Waals surface area contributed by atoms with E-state index < -0.39 is 0 Å². The highest BCUT2D eigenvalue weighted by molar-refractivity contribution is 6.55. The average molecular weight is 183 g/mol. The van der Waals surface area contributed by atoms with Crippen molar-refractivity contribution in [3.05, 3.63) is 35.4 Å². The Morgan fingerprint density at radius 2 is 1.86 bits per heavy atom. The highest BCUT2D eigenvalue weighted by atomic mass is 16.1. The number of fused-ring (bicyclic) bond motifs is 3. The van der Waals surface area contributed by atoms with Crippen LogP contribution in [0.1, 0.15) is 15.9 Å². The zero-order chi connectivity index (χ0) is 9.54. The summed E-state index contributed by atoms with van der Waals surface area (Å²) in [6.45, 7) is 0. The van der Waals surface area contributed by atoms with Crippen molar-refractivity contribution in [2.45, 2.75) is 0 Å². The van der Waals surface area contributed by atoms with Gasteiger partial charge in [0.1, 0.15) is 12.1 Å². The molecule has 0 spiro atoms. The van der Waals surface area contributed by atoms with Gasteiger partial charge in [-0.15, -0.1) is 0 Å². The van der Waals surface area contributed by atoms with Gasteiger partial charge in [-0.05, 0) is 6.07 Å². The van der Waals surface area contributed by atoms with Gasteiger partial charge in [0.2, 0.25) is 0 Å². The fourth-order valence-electron chi connectivity index (χ4n) is 1.56. The van der Waals surface area contributed by atoms with Gasteiger partial charge in [-0.3, -0.25) is 4.79 Å². The van der Waals surface area contributed by atoms with Crippen LogP contribution in [0.5, 0.6) is 0 Å². The SMILES string of the molecule is O=C1N=C2N=CN=C2c2ccccc21. The van der Waals surface area contributed by atoms with Gasteiger partial charge < -0.3 is 0 Å². The molecular formula is C10H5N3O. The summed E-state index contributed by atoms with van der Waals surface area (Å²) in [5.74, 6) is 0.183. The lowest BCUT2D eigenvalue weighted by Gasteiger charge is -2.10. The second-order valence-corrected chi connectivity index (χ2v) is 3.01. The first-order valence-corrected chi connectivity index (χ1v) is 4.19. The number of rotatable bonds is 0. The average Bonchev–Trinajstić information content (AvgIpc) is 2.66. The summed E-state index contributed by atoms with van der Waals surface area (Å²) >= 11 is 0. The van der Waals surface area contributed by atoms with Gasteiger partial charge in [0.25, 0.3) is 5.91 Å². The predicted molar refractivity (Wildman–Crippen MR) is 53.2 cm³/mol. The van der Waals surface area contributed by atoms with Crippen molar-refractivity contribution in [2.75, 3.05) is 0 Å². The molecule has 0 saturated carbocycles. The summed E-state index contributed by atoms with van der Waals surface area (Å²) in [6.07, 6.45) is 1.42. The third-order valence-electron chi connectivity index (χ3n) is 2.20. The number of amidine groups is 1. The van der Waals surface area contributed by atoms with Crippen LogP contribution in [0.25, 0.3) is 0 Å². The minimum absolute atomic E-state index is 0.242. The quantitative estimate of drug-likeness (QED) is 0.593.